The second kappa shape index (κ2) is 17.2. The summed E-state index contributed by atoms with van der Waals surface area (Å²) in [5, 5.41) is 11.4. The largest absolute Gasteiger partial charge is 0.497 e. The Morgan fingerprint density at radius 2 is 1.82 bits per heavy atom. The second-order valence-corrected chi connectivity index (χ2v) is 21.1. The van der Waals surface area contributed by atoms with Crippen molar-refractivity contribution in [2.24, 2.45) is 17.8 Å². The maximum Gasteiger partial charge on any atom is 0.192 e. The highest BCUT2D eigenvalue weighted by atomic mass is 127. The van der Waals surface area contributed by atoms with Crippen molar-refractivity contribution in [3.63, 3.8) is 0 Å². The summed E-state index contributed by atoms with van der Waals surface area (Å²) < 4.78 is 34.9. The molecular formula is C37H63IO6Si. The molecule has 1 aromatic rings. The van der Waals surface area contributed by atoms with E-state index in [-0.39, 0.29) is 29.5 Å². The van der Waals surface area contributed by atoms with Gasteiger partial charge >= 0.3 is 0 Å². The van der Waals surface area contributed by atoms with Gasteiger partial charge in [-0.05, 0) is 83.9 Å². The highest BCUT2D eigenvalue weighted by Gasteiger charge is 2.49. The first-order chi connectivity index (χ1) is 21.1. The Morgan fingerprint density at radius 1 is 1.13 bits per heavy atom. The lowest BCUT2D eigenvalue weighted by atomic mass is 9.83. The topological polar surface area (TPSA) is 66.4 Å². The molecule has 2 aliphatic rings. The summed E-state index contributed by atoms with van der Waals surface area (Å²) in [5.41, 5.74) is 1.13. The van der Waals surface area contributed by atoms with Gasteiger partial charge in [-0.3, -0.25) is 0 Å². The number of benzene rings is 1. The minimum Gasteiger partial charge on any atom is -0.497 e. The van der Waals surface area contributed by atoms with Gasteiger partial charge < -0.3 is 28.5 Å². The summed E-state index contributed by atoms with van der Waals surface area (Å²) in [6.45, 7) is 21.2. The smallest absolute Gasteiger partial charge is 0.192 e. The molecule has 1 unspecified atom stereocenters. The zero-order chi connectivity index (χ0) is 33.4. The fraction of sp³-hybridized carbons (Fsp3) is 0.784. The number of rotatable bonds is 15. The van der Waals surface area contributed by atoms with Gasteiger partial charge in [0.15, 0.2) is 14.1 Å². The standard InChI is InChI=1S/C37H63IO6Si/c1-11-31(41-25-28-12-14-32(40-8)15-13-28)22-34-27(4)16-18-37(43-34)24-30(39)21-33(42-37)23-35(29(17-19-38)20-26(2)3)44-45(9,10)36(5,6)7/h12-15,17,19,26-27,29-31,33-35,39H,11,16,18,20-25H2,1-10H3/b19-17+/t27?,29-,30+,31-,33-,34+,35-,37+/m1/s1. The second-order valence-electron chi connectivity index (χ2n) is 15.6. The van der Waals surface area contributed by atoms with Crippen LogP contribution < -0.4 is 4.74 Å². The van der Waals surface area contributed by atoms with Gasteiger partial charge in [-0.2, -0.15) is 0 Å². The van der Waals surface area contributed by atoms with E-state index in [0.717, 1.165) is 49.8 Å². The van der Waals surface area contributed by atoms with Crippen molar-refractivity contribution in [1.29, 1.82) is 0 Å². The van der Waals surface area contributed by atoms with Gasteiger partial charge in [-0.15, -0.1) is 0 Å². The van der Waals surface area contributed by atoms with Crippen LogP contribution in [0, 0.1) is 17.8 Å². The first-order valence-corrected chi connectivity index (χ1v) is 21.5. The first kappa shape index (κ1) is 39.0. The summed E-state index contributed by atoms with van der Waals surface area (Å²) in [6.07, 6.45) is 8.36. The average molecular weight is 759 g/mol. The Morgan fingerprint density at radius 3 is 2.40 bits per heavy atom. The van der Waals surface area contributed by atoms with Crippen LogP contribution in [0.5, 0.6) is 5.75 Å². The molecule has 0 aliphatic carbocycles. The molecule has 0 saturated carbocycles. The van der Waals surface area contributed by atoms with Crippen LogP contribution in [-0.4, -0.2) is 56.8 Å². The van der Waals surface area contributed by atoms with Crippen molar-refractivity contribution in [2.75, 3.05) is 7.11 Å². The molecule has 2 heterocycles. The predicted octanol–water partition coefficient (Wildman–Crippen LogP) is 9.82. The fourth-order valence-corrected chi connectivity index (χ4v) is 8.47. The van der Waals surface area contributed by atoms with Crippen molar-refractivity contribution in [2.45, 2.75) is 161 Å². The van der Waals surface area contributed by atoms with E-state index in [4.69, 9.17) is 23.4 Å². The molecule has 1 N–H and O–H groups in total. The Labute approximate surface area is 289 Å². The normalized spacial score (nSPS) is 28.5. The summed E-state index contributed by atoms with van der Waals surface area (Å²) in [7, 11) is -0.363. The molecular weight excluding hydrogens is 695 g/mol. The molecule has 8 atom stereocenters. The zero-order valence-corrected chi connectivity index (χ0v) is 33.0. The van der Waals surface area contributed by atoms with Gasteiger partial charge in [0.2, 0.25) is 0 Å². The first-order valence-electron chi connectivity index (χ1n) is 17.3. The quantitative estimate of drug-likeness (QED) is 0.142. The van der Waals surface area contributed by atoms with Gasteiger partial charge in [0.05, 0.1) is 44.2 Å². The van der Waals surface area contributed by atoms with Crippen LogP contribution in [0.3, 0.4) is 0 Å². The molecule has 0 aromatic heterocycles. The van der Waals surface area contributed by atoms with Crippen LogP contribution >= 0.6 is 22.6 Å². The summed E-state index contributed by atoms with van der Waals surface area (Å²) in [5.74, 6) is 1.34. The minimum atomic E-state index is -2.05. The van der Waals surface area contributed by atoms with E-state index in [0.29, 0.717) is 37.2 Å². The number of halogens is 1. The summed E-state index contributed by atoms with van der Waals surface area (Å²) >= 11 is 2.34. The minimum absolute atomic E-state index is 0.0143. The molecule has 0 radical (unpaired) electrons. The molecule has 0 bridgehead atoms. The lowest BCUT2D eigenvalue weighted by Gasteiger charge is -2.50. The Hall–Kier alpha value is -0.493. The number of aliphatic hydroxyl groups is 1. The van der Waals surface area contributed by atoms with E-state index >= 15 is 0 Å². The van der Waals surface area contributed by atoms with Crippen LogP contribution in [0.15, 0.2) is 34.4 Å². The van der Waals surface area contributed by atoms with Crippen molar-refractivity contribution in [3.8, 4) is 5.75 Å². The average Bonchev–Trinajstić information content (AvgIpc) is 2.95. The number of methoxy groups -OCH3 is 1. The number of ether oxygens (including phenoxy) is 4. The van der Waals surface area contributed by atoms with E-state index in [9.17, 15) is 5.11 Å². The van der Waals surface area contributed by atoms with Gasteiger partial charge in [-0.1, -0.05) is 89.3 Å². The van der Waals surface area contributed by atoms with E-state index in [1.807, 2.05) is 12.1 Å². The van der Waals surface area contributed by atoms with Gasteiger partial charge in [0.25, 0.3) is 0 Å². The number of aliphatic hydroxyl groups excluding tert-OH is 1. The SMILES string of the molecule is CC[C@H](C[C@@H]1O[C@@]2(CCC1C)C[C@@H](O)C[C@H](C[C@@H](O[Si](C)(C)C(C)(C)C)[C@H](/C=C/I)CC(C)C)O2)OCc1ccc(OC)cc1. The maximum atomic E-state index is 11.2. The molecule has 0 amide bonds. The summed E-state index contributed by atoms with van der Waals surface area (Å²) in [6, 6.07) is 8.06. The molecule has 45 heavy (non-hydrogen) atoms. The predicted molar refractivity (Wildman–Crippen MR) is 195 cm³/mol. The molecule has 2 aliphatic heterocycles. The molecule has 2 fully saturated rings. The third kappa shape index (κ3) is 11.6. The third-order valence-corrected chi connectivity index (χ3v) is 15.2. The number of hydrogen-bond acceptors (Lipinski definition) is 6. The molecule has 1 aromatic carbocycles. The highest BCUT2D eigenvalue weighted by molar-refractivity contribution is 14.1. The lowest BCUT2D eigenvalue weighted by Crippen LogP contribution is -2.55. The van der Waals surface area contributed by atoms with E-state index in [1.54, 1.807) is 7.11 Å². The van der Waals surface area contributed by atoms with Crippen LogP contribution in [0.4, 0.5) is 0 Å². The van der Waals surface area contributed by atoms with Crippen LogP contribution in [0.2, 0.25) is 18.1 Å². The van der Waals surface area contributed by atoms with Gasteiger partial charge in [-0.25, -0.2) is 0 Å². The van der Waals surface area contributed by atoms with Gasteiger partial charge in [0, 0.05) is 25.2 Å². The molecule has 3 rings (SSSR count). The van der Waals surface area contributed by atoms with Crippen molar-refractivity contribution >= 4 is 30.9 Å². The Bertz CT molecular complexity index is 1040. The Kier molecular flexibility index (Phi) is 14.9. The molecule has 6 nitrogen and oxygen atoms in total. The van der Waals surface area contributed by atoms with E-state index in [2.05, 4.69) is 106 Å². The third-order valence-electron chi connectivity index (χ3n) is 10.3. The maximum absolute atomic E-state index is 11.2. The van der Waals surface area contributed by atoms with Crippen molar-refractivity contribution in [1.82, 2.24) is 0 Å². The Balaban J connectivity index is 1.74. The van der Waals surface area contributed by atoms with E-state index in [1.165, 1.54) is 0 Å². The van der Waals surface area contributed by atoms with Crippen LogP contribution in [-0.2, 0) is 25.2 Å². The molecule has 1 spiro atoms. The molecule has 2 saturated heterocycles. The van der Waals surface area contributed by atoms with Gasteiger partial charge in [0.1, 0.15) is 5.75 Å². The van der Waals surface area contributed by atoms with Crippen molar-refractivity contribution in [3.05, 3.63) is 40.0 Å². The molecule has 8 heteroatoms. The van der Waals surface area contributed by atoms with Crippen molar-refractivity contribution < 1.29 is 28.5 Å². The highest BCUT2D eigenvalue weighted by Crippen LogP contribution is 2.45. The monoisotopic (exact) mass is 758 g/mol. The van der Waals surface area contributed by atoms with E-state index < -0.39 is 20.2 Å². The fourth-order valence-electron chi connectivity index (χ4n) is 6.56. The van der Waals surface area contributed by atoms with Crippen LogP contribution in [0.25, 0.3) is 0 Å². The summed E-state index contributed by atoms with van der Waals surface area (Å²) in [4.78, 5) is 0. The molecule has 258 valence electrons. The number of hydrogen-bond donors (Lipinski definition) is 1. The zero-order valence-electron chi connectivity index (χ0n) is 29.8. The lowest BCUT2D eigenvalue weighted by molar-refractivity contribution is -0.339. The van der Waals surface area contributed by atoms with Crippen LogP contribution in [0.1, 0.15) is 105 Å².